The first-order valence-corrected chi connectivity index (χ1v) is 20.3. The standard InChI is InChI=1S/C56H37N3/c1-4-19-39(20-5-1)57(40-21-6-2-7-22-40)42-32-34-54-51(37-42)56-55(49-30-16-17-31-52(49)58(56)41-23-8-3-9-24-41)59(54)53-35-33-47(45-27-14-15-29-48(45)53)50-36-38-18-10-11-25-43(38)44-26-12-13-28-46(44)50/h1-37H. The quantitative estimate of drug-likeness (QED) is 0.154. The summed E-state index contributed by atoms with van der Waals surface area (Å²) in [6.07, 6.45) is 0. The molecule has 0 fully saturated rings. The van der Waals surface area contributed by atoms with Gasteiger partial charge in [0.15, 0.2) is 0 Å². The molecular formula is C56H37N3. The van der Waals surface area contributed by atoms with Crippen LogP contribution in [0, 0.1) is 0 Å². The van der Waals surface area contributed by atoms with Crippen LogP contribution in [0.5, 0.6) is 0 Å². The topological polar surface area (TPSA) is 13.1 Å². The van der Waals surface area contributed by atoms with E-state index < -0.39 is 0 Å². The number of fused-ring (bicyclic) bond motifs is 9. The third-order valence-corrected chi connectivity index (χ3v) is 12.0. The Labute approximate surface area is 341 Å². The molecule has 0 aliphatic heterocycles. The van der Waals surface area contributed by atoms with Gasteiger partial charge in [-0.3, -0.25) is 0 Å². The summed E-state index contributed by atoms with van der Waals surface area (Å²) in [5.41, 5.74) is 12.8. The minimum Gasteiger partial charge on any atom is -0.310 e. The van der Waals surface area contributed by atoms with Gasteiger partial charge in [0.25, 0.3) is 0 Å². The molecule has 59 heavy (non-hydrogen) atoms. The molecule has 10 aromatic carbocycles. The molecular weight excluding hydrogens is 715 g/mol. The Bertz CT molecular complexity index is 3500. The van der Waals surface area contributed by atoms with Crippen LogP contribution in [0.1, 0.15) is 0 Å². The number of rotatable bonds is 6. The minimum absolute atomic E-state index is 1.10. The van der Waals surface area contributed by atoms with Crippen LogP contribution in [-0.2, 0) is 0 Å². The number of para-hydroxylation sites is 4. The molecule has 0 spiro atoms. The van der Waals surface area contributed by atoms with Crippen LogP contribution in [0.15, 0.2) is 224 Å². The third kappa shape index (κ3) is 5.15. The SMILES string of the molecule is c1ccc(N(c2ccccc2)c2ccc3c(c2)c2c(c4ccccc4n2-c2ccccc2)n3-c2ccc(-c3cc4ccccc4c4ccccc34)c3ccccc23)cc1. The van der Waals surface area contributed by atoms with Gasteiger partial charge in [-0.1, -0.05) is 152 Å². The second-order valence-electron chi connectivity index (χ2n) is 15.3. The zero-order valence-corrected chi connectivity index (χ0v) is 32.2. The molecule has 0 atom stereocenters. The van der Waals surface area contributed by atoms with Gasteiger partial charge in [-0.05, 0) is 111 Å². The number of anilines is 3. The maximum absolute atomic E-state index is 2.52. The predicted octanol–water partition coefficient (Wildman–Crippen LogP) is 15.3. The molecule has 276 valence electrons. The Balaban J connectivity index is 1.19. The summed E-state index contributed by atoms with van der Waals surface area (Å²) in [4.78, 5) is 2.36. The molecule has 3 heteroatoms. The van der Waals surface area contributed by atoms with Crippen LogP contribution in [0.3, 0.4) is 0 Å². The zero-order valence-electron chi connectivity index (χ0n) is 32.2. The number of hydrogen-bond acceptors (Lipinski definition) is 1. The van der Waals surface area contributed by atoms with Gasteiger partial charge in [0, 0.05) is 38.9 Å². The molecule has 12 aromatic rings. The van der Waals surface area contributed by atoms with E-state index in [-0.39, 0.29) is 0 Å². The molecule has 0 unspecified atom stereocenters. The van der Waals surface area contributed by atoms with Gasteiger partial charge in [-0.2, -0.15) is 0 Å². The Hall–Kier alpha value is -7.88. The van der Waals surface area contributed by atoms with Crippen molar-refractivity contribution in [2.45, 2.75) is 0 Å². The normalized spacial score (nSPS) is 11.7. The summed E-state index contributed by atoms with van der Waals surface area (Å²) >= 11 is 0. The zero-order chi connectivity index (χ0) is 38.9. The van der Waals surface area contributed by atoms with E-state index in [9.17, 15) is 0 Å². The van der Waals surface area contributed by atoms with E-state index in [1.807, 2.05) is 0 Å². The molecule has 0 aliphatic rings. The second-order valence-corrected chi connectivity index (χ2v) is 15.3. The Kier molecular flexibility index (Phi) is 7.54. The van der Waals surface area contributed by atoms with Crippen molar-refractivity contribution in [3.05, 3.63) is 224 Å². The van der Waals surface area contributed by atoms with Crippen molar-refractivity contribution in [3.63, 3.8) is 0 Å². The van der Waals surface area contributed by atoms with Crippen molar-refractivity contribution in [1.82, 2.24) is 9.13 Å². The molecule has 0 radical (unpaired) electrons. The van der Waals surface area contributed by atoms with Crippen molar-refractivity contribution in [3.8, 4) is 22.5 Å². The average molecular weight is 752 g/mol. The first-order valence-electron chi connectivity index (χ1n) is 20.3. The highest BCUT2D eigenvalue weighted by atomic mass is 15.1. The molecule has 2 heterocycles. The highest BCUT2D eigenvalue weighted by Crippen LogP contribution is 2.46. The van der Waals surface area contributed by atoms with Crippen molar-refractivity contribution < 1.29 is 0 Å². The van der Waals surface area contributed by atoms with Crippen molar-refractivity contribution in [1.29, 1.82) is 0 Å². The van der Waals surface area contributed by atoms with E-state index in [0.717, 1.165) is 34.0 Å². The van der Waals surface area contributed by atoms with E-state index >= 15 is 0 Å². The van der Waals surface area contributed by atoms with Crippen LogP contribution in [-0.4, -0.2) is 9.13 Å². The Morgan fingerprint density at radius 2 is 0.814 bits per heavy atom. The average Bonchev–Trinajstić information content (AvgIpc) is 3.82. The highest BCUT2D eigenvalue weighted by molar-refractivity contribution is 6.22. The van der Waals surface area contributed by atoms with Gasteiger partial charge in [-0.25, -0.2) is 0 Å². The molecule has 0 amide bonds. The van der Waals surface area contributed by atoms with Gasteiger partial charge < -0.3 is 14.0 Å². The number of nitrogens with zero attached hydrogens (tertiary/aromatic N) is 3. The van der Waals surface area contributed by atoms with Crippen LogP contribution in [0.25, 0.3) is 87.7 Å². The largest absolute Gasteiger partial charge is 0.310 e. The maximum Gasteiger partial charge on any atom is 0.0804 e. The summed E-state index contributed by atoms with van der Waals surface area (Å²) in [5, 5.41) is 9.89. The van der Waals surface area contributed by atoms with Gasteiger partial charge in [-0.15, -0.1) is 0 Å². The van der Waals surface area contributed by atoms with Crippen molar-refractivity contribution >= 4 is 82.2 Å². The first kappa shape index (κ1) is 33.3. The summed E-state index contributed by atoms with van der Waals surface area (Å²) in [6, 6.07) is 81.6. The van der Waals surface area contributed by atoms with E-state index in [2.05, 4.69) is 238 Å². The lowest BCUT2D eigenvalue weighted by Gasteiger charge is -2.25. The van der Waals surface area contributed by atoms with Gasteiger partial charge in [0.05, 0.1) is 27.8 Å². The lowest BCUT2D eigenvalue weighted by Crippen LogP contribution is -2.09. The molecule has 0 bridgehead atoms. The van der Waals surface area contributed by atoms with Crippen molar-refractivity contribution in [2.24, 2.45) is 0 Å². The monoisotopic (exact) mass is 751 g/mol. The lowest BCUT2D eigenvalue weighted by atomic mass is 9.90. The molecule has 3 nitrogen and oxygen atoms in total. The van der Waals surface area contributed by atoms with Gasteiger partial charge in [0.1, 0.15) is 0 Å². The van der Waals surface area contributed by atoms with E-state index in [1.54, 1.807) is 0 Å². The van der Waals surface area contributed by atoms with Crippen molar-refractivity contribution in [2.75, 3.05) is 4.90 Å². The van der Waals surface area contributed by atoms with Crippen LogP contribution in [0.4, 0.5) is 17.1 Å². The van der Waals surface area contributed by atoms with Gasteiger partial charge in [0.2, 0.25) is 0 Å². The molecule has 12 rings (SSSR count). The fourth-order valence-corrected chi connectivity index (χ4v) is 9.55. The fourth-order valence-electron chi connectivity index (χ4n) is 9.55. The van der Waals surface area contributed by atoms with Crippen LogP contribution >= 0.6 is 0 Å². The van der Waals surface area contributed by atoms with Crippen LogP contribution < -0.4 is 4.90 Å². The number of aromatic nitrogens is 2. The smallest absolute Gasteiger partial charge is 0.0804 e. The van der Waals surface area contributed by atoms with E-state index in [1.165, 1.54) is 70.8 Å². The maximum atomic E-state index is 2.52. The number of benzene rings is 10. The molecule has 0 saturated heterocycles. The first-order chi connectivity index (χ1) is 29.3. The van der Waals surface area contributed by atoms with Crippen LogP contribution in [0.2, 0.25) is 0 Å². The molecule has 0 aliphatic carbocycles. The highest BCUT2D eigenvalue weighted by Gasteiger charge is 2.25. The van der Waals surface area contributed by atoms with Gasteiger partial charge >= 0.3 is 0 Å². The third-order valence-electron chi connectivity index (χ3n) is 12.0. The molecule has 0 N–H and O–H groups in total. The second kappa shape index (κ2) is 13.4. The summed E-state index contributed by atoms with van der Waals surface area (Å²) in [6.45, 7) is 0. The molecule has 2 aromatic heterocycles. The minimum atomic E-state index is 1.10. The Morgan fingerprint density at radius 1 is 0.288 bits per heavy atom. The molecule has 0 saturated carbocycles. The lowest BCUT2D eigenvalue weighted by molar-refractivity contribution is 1.18. The predicted molar refractivity (Wildman–Crippen MR) is 250 cm³/mol. The Morgan fingerprint density at radius 3 is 1.53 bits per heavy atom. The van der Waals surface area contributed by atoms with E-state index in [0.29, 0.717) is 0 Å². The summed E-state index contributed by atoms with van der Waals surface area (Å²) < 4.78 is 4.98. The number of hydrogen-bond donors (Lipinski definition) is 0. The summed E-state index contributed by atoms with van der Waals surface area (Å²) in [5.74, 6) is 0. The fraction of sp³-hybridized carbons (Fsp3) is 0. The van der Waals surface area contributed by atoms with E-state index in [4.69, 9.17) is 0 Å². The summed E-state index contributed by atoms with van der Waals surface area (Å²) in [7, 11) is 0.